The minimum absolute atomic E-state index is 0.0609. The number of amides is 1. The molecule has 1 aliphatic carbocycles. The van der Waals surface area contributed by atoms with Crippen molar-refractivity contribution in [2.45, 2.75) is 71.8 Å². The fourth-order valence-corrected chi connectivity index (χ4v) is 6.21. The number of hydrogen-bond acceptors (Lipinski definition) is 6. The van der Waals surface area contributed by atoms with Crippen molar-refractivity contribution < 1.29 is 32.6 Å². The Morgan fingerprint density at radius 3 is 2.24 bits per heavy atom. The van der Waals surface area contributed by atoms with Crippen molar-refractivity contribution in [3.05, 3.63) is 65.0 Å². The zero-order chi connectivity index (χ0) is 30.5. The van der Waals surface area contributed by atoms with Gasteiger partial charge in [-0.15, -0.1) is 24.5 Å². The van der Waals surface area contributed by atoms with Crippen LogP contribution in [0, 0.1) is 11.3 Å². The summed E-state index contributed by atoms with van der Waals surface area (Å²) in [5.74, 6) is -0.937. The molecule has 0 unspecified atom stereocenters. The van der Waals surface area contributed by atoms with Gasteiger partial charge in [-0.05, 0) is 79.0 Å². The Hall–Kier alpha value is -3.60. The summed E-state index contributed by atoms with van der Waals surface area (Å²) in [4.78, 5) is 30.3. The molecule has 1 heterocycles. The van der Waals surface area contributed by atoms with Gasteiger partial charge in [0.1, 0.15) is 5.75 Å². The van der Waals surface area contributed by atoms with Crippen LogP contribution < -0.4 is 15.0 Å². The molecule has 2 aromatic carbocycles. The molecule has 2 N–H and O–H groups in total. The minimum Gasteiger partial charge on any atom is -0.481 e. The lowest BCUT2D eigenvalue weighted by molar-refractivity contribution is -0.274. The molecule has 0 saturated heterocycles. The van der Waals surface area contributed by atoms with Crippen LogP contribution >= 0.6 is 11.3 Å². The number of carbonyl (C=O) groups excluding carboxylic acids is 1. The average Bonchev–Trinajstić information content (AvgIpc) is 3.41. The Balaban J connectivity index is 1.52. The second-order valence-corrected chi connectivity index (χ2v) is 12.5. The van der Waals surface area contributed by atoms with Gasteiger partial charge in [-0.2, -0.15) is 0 Å². The van der Waals surface area contributed by atoms with Gasteiger partial charge >= 0.3 is 12.3 Å². The van der Waals surface area contributed by atoms with E-state index in [-0.39, 0.29) is 36.1 Å². The number of rotatable bonds is 10. The third-order valence-corrected chi connectivity index (χ3v) is 8.55. The smallest absolute Gasteiger partial charge is 0.481 e. The van der Waals surface area contributed by atoms with Crippen LogP contribution in [0.15, 0.2) is 53.9 Å². The van der Waals surface area contributed by atoms with Gasteiger partial charge in [0.25, 0.3) is 5.91 Å². The number of hydrogen-bond donors (Lipinski definition) is 2. The zero-order valence-corrected chi connectivity index (χ0v) is 24.7. The quantitative estimate of drug-likeness (QED) is 0.249. The molecule has 0 aliphatic heterocycles. The molecule has 1 fully saturated rings. The first-order chi connectivity index (χ1) is 19.8. The van der Waals surface area contributed by atoms with Gasteiger partial charge in [0.2, 0.25) is 0 Å². The van der Waals surface area contributed by atoms with Crippen molar-refractivity contribution in [3.63, 3.8) is 0 Å². The number of carboxylic acids is 1. The lowest BCUT2D eigenvalue weighted by atomic mass is 9.71. The van der Waals surface area contributed by atoms with Crippen LogP contribution in [0.2, 0.25) is 0 Å². The zero-order valence-electron chi connectivity index (χ0n) is 23.9. The van der Waals surface area contributed by atoms with E-state index < -0.39 is 12.3 Å². The number of aliphatic carboxylic acids is 1. The highest BCUT2D eigenvalue weighted by Gasteiger charge is 2.33. The molecular weight excluding hydrogens is 567 g/mol. The number of nitrogens with zero attached hydrogens (tertiary/aromatic N) is 2. The van der Waals surface area contributed by atoms with Crippen molar-refractivity contribution in [1.82, 2.24) is 10.3 Å². The third kappa shape index (κ3) is 8.70. The number of carboxylic acid groups (broad SMARTS) is 1. The normalized spacial score (nSPS) is 17.5. The molecule has 226 valence electrons. The van der Waals surface area contributed by atoms with E-state index in [0.717, 1.165) is 36.4 Å². The summed E-state index contributed by atoms with van der Waals surface area (Å²) in [6, 6.07) is 13.2. The van der Waals surface area contributed by atoms with E-state index in [9.17, 15) is 22.8 Å². The number of nitrogens with one attached hydrogen (secondary N) is 1. The second-order valence-electron chi connectivity index (χ2n) is 11.7. The molecule has 7 nitrogen and oxygen atoms in total. The standard InChI is InChI=1S/C31H36F3N3O4S/c1-30(2,3)23-10-12-24(13-11-23)37(18-20-4-6-22(7-5-20)28(40)35-17-16-27(38)39)29-36-26(19-42-29)21-8-14-25(15-9-21)41-31(32,33)34/h4-9,14-15,19,23-24H,10-13,16-18H2,1-3H3,(H,35,40)(H,38,39). The Kier molecular flexibility index (Phi) is 9.81. The van der Waals surface area contributed by atoms with E-state index in [1.54, 1.807) is 24.3 Å². The van der Waals surface area contributed by atoms with E-state index in [2.05, 4.69) is 35.7 Å². The molecule has 0 bridgehead atoms. The summed E-state index contributed by atoms with van der Waals surface area (Å²) in [5.41, 5.74) is 3.07. The van der Waals surface area contributed by atoms with Gasteiger partial charge in [-0.3, -0.25) is 9.59 Å². The molecule has 42 heavy (non-hydrogen) atoms. The van der Waals surface area contributed by atoms with Crippen molar-refractivity contribution in [1.29, 1.82) is 0 Å². The third-order valence-electron chi connectivity index (χ3n) is 7.68. The number of ether oxygens (including phenoxy) is 1. The number of alkyl halides is 3. The van der Waals surface area contributed by atoms with Gasteiger partial charge in [-0.1, -0.05) is 32.9 Å². The first-order valence-corrected chi connectivity index (χ1v) is 14.8. The van der Waals surface area contributed by atoms with Crippen LogP contribution in [-0.2, 0) is 11.3 Å². The van der Waals surface area contributed by atoms with Crippen molar-refractivity contribution >= 4 is 28.3 Å². The largest absolute Gasteiger partial charge is 0.573 e. The number of carbonyl (C=O) groups is 2. The predicted molar refractivity (Wildman–Crippen MR) is 157 cm³/mol. The first-order valence-electron chi connectivity index (χ1n) is 14.0. The molecule has 3 aromatic rings. The van der Waals surface area contributed by atoms with Crippen LogP contribution in [0.5, 0.6) is 5.75 Å². The lowest BCUT2D eigenvalue weighted by Gasteiger charge is -2.41. The van der Waals surface area contributed by atoms with E-state index in [1.807, 2.05) is 17.5 Å². The lowest BCUT2D eigenvalue weighted by Crippen LogP contribution is -2.39. The topological polar surface area (TPSA) is 91.8 Å². The van der Waals surface area contributed by atoms with E-state index >= 15 is 0 Å². The van der Waals surface area contributed by atoms with Crippen LogP contribution in [0.3, 0.4) is 0 Å². The van der Waals surface area contributed by atoms with Crippen molar-refractivity contribution in [2.24, 2.45) is 11.3 Å². The summed E-state index contributed by atoms with van der Waals surface area (Å²) in [7, 11) is 0. The van der Waals surface area contributed by atoms with Gasteiger partial charge in [0.05, 0.1) is 12.1 Å². The van der Waals surface area contributed by atoms with Gasteiger partial charge in [0.15, 0.2) is 5.13 Å². The van der Waals surface area contributed by atoms with E-state index in [1.165, 1.54) is 23.5 Å². The Morgan fingerprint density at radius 2 is 1.67 bits per heavy atom. The van der Waals surface area contributed by atoms with E-state index in [4.69, 9.17) is 10.1 Å². The molecule has 4 rings (SSSR count). The predicted octanol–water partition coefficient (Wildman–Crippen LogP) is 7.52. The van der Waals surface area contributed by atoms with Gasteiger partial charge in [0, 0.05) is 35.6 Å². The maximum Gasteiger partial charge on any atom is 0.573 e. The summed E-state index contributed by atoms with van der Waals surface area (Å²) >= 11 is 1.50. The molecule has 1 saturated carbocycles. The first kappa shape index (κ1) is 31.3. The highest BCUT2D eigenvalue weighted by Crippen LogP contribution is 2.41. The number of anilines is 1. The highest BCUT2D eigenvalue weighted by molar-refractivity contribution is 7.14. The Morgan fingerprint density at radius 1 is 1.02 bits per heavy atom. The van der Waals surface area contributed by atoms with E-state index in [0.29, 0.717) is 29.3 Å². The summed E-state index contributed by atoms with van der Waals surface area (Å²) in [6.45, 7) is 7.50. The van der Waals surface area contributed by atoms with Crippen LogP contribution in [-0.4, -0.2) is 40.9 Å². The Labute approximate surface area is 247 Å². The van der Waals surface area contributed by atoms with Gasteiger partial charge < -0.3 is 20.1 Å². The summed E-state index contributed by atoms with van der Waals surface area (Å²) in [5, 5.41) is 14.1. The molecule has 0 radical (unpaired) electrons. The maximum absolute atomic E-state index is 12.6. The fraction of sp³-hybridized carbons (Fsp3) is 0.452. The molecule has 0 atom stereocenters. The summed E-state index contributed by atoms with van der Waals surface area (Å²) in [6.07, 6.45) is -0.630. The molecule has 1 aliphatic rings. The number of benzene rings is 2. The molecule has 1 amide bonds. The SMILES string of the molecule is CC(C)(C)C1CCC(N(Cc2ccc(C(=O)NCCC(=O)O)cc2)c2nc(-c3ccc(OC(F)(F)F)cc3)cs2)CC1. The molecular formula is C31H36F3N3O4S. The summed E-state index contributed by atoms with van der Waals surface area (Å²) < 4.78 is 41.7. The van der Waals surface area contributed by atoms with Gasteiger partial charge in [-0.25, -0.2) is 4.98 Å². The van der Waals surface area contributed by atoms with Crippen LogP contribution in [0.4, 0.5) is 18.3 Å². The van der Waals surface area contributed by atoms with Crippen molar-refractivity contribution in [2.75, 3.05) is 11.4 Å². The fourth-order valence-electron chi connectivity index (χ4n) is 5.31. The van der Waals surface area contributed by atoms with Crippen LogP contribution in [0.25, 0.3) is 11.3 Å². The maximum atomic E-state index is 12.6. The minimum atomic E-state index is -4.75. The Bertz CT molecular complexity index is 1340. The molecule has 11 heteroatoms. The highest BCUT2D eigenvalue weighted by atomic mass is 32.1. The number of thiazole rings is 1. The monoisotopic (exact) mass is 603 g/mol. The van der Waals surface area contributed by atoms with Crippen molar-refractivity contribution in [3.8, 4) is 17.0 Å². The average molecular weight is 604 g/mol. The number of halogens is 3. The molecule has 1 aromatic heterocycles. The van der Waals surface area contributed by atoms with Crippen LogP contribution in [0.1, 0.15) is 68.8 Å². The second kappa shape index (κ2) is 13.1. The molecule has 0 spiro atoms. The number of aromatic nitrogens is 1.